The standard InChI is InChI=1S/C15H15F2NO3.ClH/c1-2-21-14(20)15(16,17)13(18)12-10-6-4-3-5-9(10)7-8-11(12)19;/h3-8,13,19H,2,18H2,1H3;1H/t13-;/m0./s1. The van der Waals surface area contributed by atoms with Crippen LogP contribution in [-0.4, -0.2) is 23.6 Å². The molecule has 7 heteroatoms. The summed E-state index contributed by atoms with van der Waals surface area (Å²) in [4.78, 5) is 11.4. The van der Waals surface area contributed by atoms with Gasteiger partial charge in [-0.05, 0) is 23.8 Å². The lowest BCUT2D eigenvalue weighted by molar-refractivity contribution is -0.174. The molecular weight excluding hydrogens is 316 g/mol. The lowest BCUT2D eigenvalue weighted by atomic mass is 9.94. The molecule has 0 aliphatic carbocycles. The number of halogens is 3. The van der Waals surface area contributed by atoms with Crippen molar-refractivity contribution in [2.75, 3.05) is 6.61 Å². The summed E-state index contributed by atoms with van der Waals surface area (Å²) < 4.78 is 32.5. The molecule has 0 aromatic heterocycles. The highest BCUT2D eigenvalue weighted by Gasteiger charge is 2.49. The predicted molar refractivity (Wildman–Crippen MR) is 81.4 cm³/mol. The molecule has 2 aromatic rings. The van der Waals surface area contributed by atoms with Crippen LogP contribution in [0.3, 0.4) is 0 Å². The molecule has 2 rings (SSSR count). The Kier molecular flexibility index (Phi) is 5.68. The average molecular weight is 332 g/mol. The Morgan fingerprint density at radius 2 is 1.95 bits per heavy atom. The second-order valence-electron chi connectivity index (χ2n) is 4.54. The summed E-state index contributed by atoms with van der Waals surface area (Å²) in [6, 6.07) is 7.50. The molecule has 4 nitrogen and oxygen atoms in total. The first kappa shape index (κ1) is 18.1. The van der Waals surface area contributed by atoms with Crippen LogP contribution in [-0.2, 0) is 9.53 Å². The number of phenols is 1. The highest BCUT2D eigenvalue weighted by atomic mass is 35.5. The van der Waals surface area contributed by atoms with E-state index in [0.29, 0.717) is 10.8 Å². The van der Waals surface area contributed by atoms with Crippen LogP contribution < -0.4 is 5.73 Å². The van der Waals surface area contributed by atoms with Crippen LogP contribution in [0.25, 0.3) is 10.8 Å². The van der Waals surface area contributed by atoms with Crippen LogP contribution in [0.2, 0.25) is 0 Å². The fourth-order valence-corrected chi connectivity index (χ4v) is 2.15. The molecule has 0 aliphatic heterocycles. The van der Waals surface area contributed by atoms with E-state index in [1.54, 1.807) is 30.3 Å². The molecule has 0 unspecified atom stereocenters. The van der Waals surface area contributed by atoms with Gasteiger partial charge in [0, 0.05) is 5.56 Å². The van der Waals surface area contributed by atoms with Gasteiger partial charge in [-0.2, -0.15) is 8.78 Å². The Balaban J connectivity index is 0.00000242. The summed E-state index contributed by atoms with van der Waals surface area (Å²) in [5, 5.41) is 10.9. The van der Waals surface area contributed by atoms with E-state index in [0.717, 1.165) is 0 Å². The van der Waals surface area contributed by atoms with E-state index in [4.69, 9.17) is 5.73 Å². The first-order valence-corrected chi connectivity index (χ1v) is 6.40. The number of ether oxygens (including phenoxy) is 1. The van der Waals surface area contributed by atoms with Crippen LogP contribution >= 0.6 is 12.4 Å². The molecule has 1 atom stereocenters. The van der Waals surface area contributed by atoms with Gasteiger partial charge in [-0.1, -0.05) is 30.3 Å². The second-order valence-corrected chi connectivity index (χ2v) is 4.54. The van der Waals surface area contributed by atoms with Gasteiger partial charge in [0.05, 0.1) is 6.61 Å². The van der Waals surface area contributed by atoms with Gasteiger partial charge in [0.25, 0.3) is 0 Å². The Bertz CT molecular complexity index is 679. The molecule has 0 saturated heterocycles. The van der Waals surface area contributed by atoms with Crippen molar-refractivity contribution in [3.63, 3.8) is 0 Å². The number of carbonyl (C=O) groups excluding carboxylic acids is 1. The van der Waals surface area contributed by atoms with Crippen molar-refractivity contribution in [3.8, 4) is 5.75 Å². The molecule has 0 fully saturated rings. The fraction of sp³-hybridized carbons (Fsp3) is 0.267. The van der Waals surface area contributed by atoms with Gasteiger partial charge in [0.1, 0.15) is 11.8 Å². The van der Waals surface area contributed by atoms with Gasteiger partial charge in [-0.25, -0.2) is 4.79 Å². The number of hydrogen-bond donors (Lipinski definition) is 2. The maximum atomic E-state index is 14.1. The van der Waals surface area contributed by atoms with Crippen molar-refractivity contribution in [1.29, 1.82) is 0 Å². The Labute approximate surface area is 132 Å². The molecule has 120 valence electrons. The number of phenolic OH excluding ortho intramolecular Hbond substituents is 1. The molecule has 3 N–H and O–H groups in total. The SMILES string of the molecule is CCOC(=O)C(F)(F)[C@@H](N)c1c(O)ccc2ccccc12.Cl. The molecule has 0 amide bonds. The van der Waals surface area contributed by atoms with Crippen molar-refractivity contribution in [2.45, 2.75) is 18.9 Å². The summed E-state index contributed by atoms with van der Waals surface area (Å²) in [7, 11) is 0. The quantitative estimate of drug-likeness (QED) is 0.844. The third-order valence-electron chi connectivity index (χ3n) is 3.20. The topological polar surface area (TPSA) is 72.5 Å². The number of hydrogen-bond acceptors (Lipinski definition) is 4. The smallest absolute Gasteiger partial charge is 0.379 e. The third-order valence-corrected chi connectivity index (χ3v) is 3.20. The van der Waals surface area contributed by atoms with E-state index in [9.17, 15) is 18.7 Å². The third kappa shape index (κ3) is 3.13. The predicted octanol–water partition coefficient (Wildman–Crippen LogP) is 3.17. The van der Waals surface area contributed by atoms with E-state index in [1.807, 2.05) is 0 Å². The lowest BCUT2D eigenvalue weighted by Gasteiger charge is -2.23. The van der Waals surface area contributed by atoms with Gasteiger partial charge in [-0.15, -0.1) is 12.4 Å². The van der Waals surface area contributed by atoms with Gasteiger partial charge < -0.3 is 15.6 Å². The number of alkyl halides is 2. The number of carbonyl (C=O) groups is 1. The van der Waals surface area contributed by atoms with Gasteiger partial charge >= 0.3 is 11.9 Å². The molecule has 0 bridgehead atoms. The number of fused-ring (bicyclic) bond motifs is 1. The molecule has 0 saturated carbocycles. The molecule has 0 heterocycles. The monoisotopic (exact) mass is 331 g/mol. The van der Waals surface area contributed by atoms with Crippen LogP contribution in [0.5, 0.6) is 5.75 Å². The summed E-state index contributed by atoms with van der Waals surface area (Å²) in [6.45, 7) is 1.25. The van der Waals surface area contributed by atoms with E-state index < -0.39 is 17.9 Å². The summed E-state index contributed by atoms with van der Waals surface area (Å²) in [6.07, 6.45) is 0. The molecule has 22 heavy (non-hydrogen) atoms. The number of nitrogens with two attached hydrogens (primary N) is 1. The molecule has 0 aliphatic rings. The number of aromatic hydroxyl groups is 1. The van der Waals surface area contributed by atoms with Crippen molar-refractivity contribution in [3.05, 3.63) is 42.0 Å². The van der Waals surface area contributed by atoms with Crippen molar-refractivity contribution < 1.29 is 23.4 Å². The second kappa shape index (κ2) is 6.89. The van der Waals surface area contributed by atoms with Crippen LogP contribution in [0, 0.1) is 0 Å². The average Bonchev–Trinajstić information content (AvgIpc) is 2.46. The van der Waals surface area contributed by atoms with Crippen molar-refractivity contribution in [1.82, 2.24) is 0 Å². The van der Waals surface area contributed by atoms with Gasteiger partial charge in [0.2, 0.25) is 0 Å². The largest absolute Gasteiger partial charge is 0.508 e. The molecule has 0 radical (unpaired) electrons. The highest BCUT2D eigenvalue weighted by molar-refractivity contribution is 5.89. The Morgan fingerprint density at radius 1 is 1.32 bits per heavy atom. The summed E-state index contributed by atoms with van der Waals surface area (Å²) >= 11 is 0. The summed E-state index contributed by atoms with van der Waals surface area (Å²) in [5.41, 5.74) is 5.39. The lowest BCUT2D eigenvalue weighted by Crippen LogP contribution is -2.41. The maximum Gasteiger partial charge on any atom is 0.379 e. The Morgan fingerprint density at radius 3 is 2.59 bits per heavy atom. The fourth-order valence-electron chi connectivity index (χ4n) is 2.15. The zero-order valence-corrected chi connectivity index (χ0v) is 12.6. The minimum Gasteiger partial charge on any atom is -0.508 e. The van der Waals surface area contributed by atoms with E-state index in [-0.39, 0.29) is 30.3 Å². The summed E-state index contributed by atoms with van der Waals surface area (Å²) in [5.74, 6) is -6.02. The van der Waals surface area contributed by atoms with Crippen LogP contribution in [0.15, 0.2) is 36.4 Å². The zero-order valence-electron chi connectivity index (χ0n) is 11.8. The van der Waals surface area contributed by atoms with Gasteiger partial charge in [0.15, 0.2) is 0 Å². The molecular formula is C15H16ClF2NO3. The minimum absolute atomic E-state index is 0. The first-order valence-electron chi connectivity index (χ1n) is 6.40. The van der Waals surface area contributed by atoms with Crippen molar-refractivity contribution >= 4 is 29.1 Å². The van der Waals surface area contributed by atoms with E-state index >= 15 is 0 Å². The highest BCUT2D eigenvalue weighted by Crippen LogP contribution is 2.39. The minimum atomic E-state index is -3.93. The van der Waals surface area contributed by atoms with E-state index in [1.165, 1.54) is 13.0 Å². The van der Waals surface area contributed by atoms with Crippen molar-refractivity contribution in [2.24, 2.45) is 5.73 Å². The van der Waals surface area contributed by atoms with Crippen LogP contribution in [0.4, 0.5) is 8.78 Å². The zero-order chi connectivity index (χ0) is 15.6. The van der Waals surface area contributed by atoms with E-state index in [2.05, 4.69) is 4.74 Å². The number of benzene rings is 2. The first-order chi connectivity index (χ1) is 9.89. The number of rotatable bonds is 4. The molecule has 0 spiro atoms. The number of esters is 1. The van der Waals surface area contributed by atoms with Gasteiger partial charge in [-0.3, -0.25) is 0 Å². The maximum absolute atomic E-state index is 14.1. The van der Waals surface area contributed by atoms with Crippen LogP contribution in [0.1, 0.15) is 18.5 Å². The molecule has 2 aromatic carbocycles. The Hall–Kier alpha value is -1.92. The normalized spacial score (nSPS) is 12.5.